The highest BCUT2D eigenvalue weighted by atomic mass is 33.1. The van der Waals surface area contributed by atoms with E-state index in [9.17, 15) is 4.79 Å². The van der Waals surface area contributed by atoms with Gasteiger partial charge in [0, 0.05) is 18.8 Å². The zero-order valence-electron chi connectivity index (χ0n) is 12.8. The number of rotatable bonds is 3. The second kappa shape index (κ2) is 6.49. The van der Waals surface area contributed by atoms with Crippen molar-refractivity contribution in [3.63, 3.8) is 0 Å². The van der Waals surface area contributed by atoms with Crippen molar-refractivity contribution in [1.29, 1.82) is 0 Å². The first-order valence-corrected chi connectivity index (χ1v) is 10.6. The number of benzene rings is 2. The first-order chi connectivity index (χ1) is 11.3. The summed E-state index contributed by atoms with van der Waals surface area (Å²) >= 11 is 0. The Kier molecular flexibility index (Phi) is 4.23. The summed E-state index contributed by atoms with van der Waals surface area (Å²) < 4.78 is 4.72. The van der Waals surface area contributed by atoms with Gasteiger partial charge in [0.15, 0.2) is 0 Å². The van der Waals surface area contributed by atoms with Crippen molar-refractivity contribution in [2.75, 3.05) is 12.3 Å². The Morgan fingerprint density at radius 3 is 2.65 bits per heavy atom. The van der Waals surface area contributed by atoms with E-state index in [4.69, 9.17) is 4.36 Å². The fourth-order valence-corrected chi connectivity index (χ4v) is 6.25. The Bertz CT molecular complexity index is 788. The minimum atomic E-state index is -0.0998. The standard InChI is InChI=1S/C18H18N2OS2/c21-18(20-10-9-14-5-1-2-6-15(14)11-20)12-22-23-13-16-7-3-4-8-17(16)19-23/h1-8H,9-13H2. The minimum absolute atomic E-state index is 0.0998. The molecule has 0 saturated carbocycles. The van der Waals surface area contributed by atoms with Crippen molar-refractivity contribution in [1.82, 2.24) is 4.90 Å². The quantitative estimate of drug-likeness (QED) is 0.793. The Labute approximate surface area is 142 Å². The van der Waals surface area contributed by atoms with Crippen LogP contribution >= 0.6 is 10.8 Å². The van der Waals surface area contributed by atoms with Crippen molar-refractivity contribution in [3.8, 4) is 0 Å². The summed E-state index contributed by atoms with van der Waals surface area (Å²) in [4.78, 5) is 14.5. The van der Waals surface area contributed by atoms with E-state index in [1.54, 1.807) is 10.8 Å². The summed E-state index contributed by atoms with van der Waals surface area (Å²) in [6.07, 6.45) is 0.966. The summed E-state index contributed by atoms with van der Waals surface area (Å²) in [7, 11) is 1.59. The smallest absolute Gasteiger partial charge is 0.233 e. The van der Waals surface area contributed by atoms with Crippen molar-refractivity contribution in [2.24, 2.45) is 4.36 Å². The van der Waals surface area contributed by atoms with E-state index in [-0.39, 0.29) is 15.6 Å². The second-order valence-electron chi connectivity index (χ2n) is 5.78. The predicted octanol–water partition coefficient (Wildman–Crippen LogP) is 3.87. The number of amides is 1. The monoisotopic (exact) mass is 342 g/mol. The molecule has 1 unspecified atom stereocenters. The lowest BCUT2D eigenvalue weighted by molar-refractivity contribution is -0.129. The molecule has 0 radical (unpaired) electrons. The summed E-state index contributed by atoms with van der Waals surface area (Å²) in [5.41, 5.74) is 5.08. The molecular formula is C18H18N2OS2. The fraction of sp³-hybridized carbons (Fsp3) is 0.278. The molecule has 1 amide bonds. The van der Waals surface area contributed by atoms with E-state index in [0.717, 1.165) is 31.0 Å². The van der Waals surface area contributed by atoms with Gasteiger partial charge in [0.05, 0.1) is 11.4 Å². The highest BCUT2D eigenvalue weighted by Gasteiger charge is 2.21. The molecule has 2 aliphatic rings. The molecule has 23 heavy (non-hydrogen) atoms. The number of hydrogen-bond donors (Lipinski definition) is 0. The predicted molar refractivity (Wildman–Crippen MR) is 97.6 cm³/mol. The molecule has 118 valence electrons. The molecule has 0 spiro atoms. The van der Waals surface area contributed by atoms with Crippen LogP contribution in [0.2, 0.25) is 0 Å². The van der Waals surface area contributed by atoms with E-state index in [1.165, 1.54) is 16.7 Å². The molecule has 4 rings (SSSR count). The third kappa shape index (κ3) is 3.21. The van der Waals surface area contributed by atoms with Crippen LogP contribution in [-0.4, -0.2) is 23.1 Å². The number of fused-ring (bicyclic) bond motifs is 2. The normalized spacial score (nSPS) is 19.0. The Morgan fingerprint density at radius 2 is 1.83 bits per heavy atom. The van der Waals surface area contributed by atoms with E-state index in [1.807, 2.05) is 11.0 Å². The molecule has 0 N–H and O–H groups in total. The first kappa shape index (κ1) is 15.0. The Balaban J connectivity index is 1.35. The molecule has 2 aromatic rings. The van der Waals surface area contributed by atoms with E-state index < -0.39 is 0 Å². The van der Waals surface area contributed by atoms with Crippen LogP contribution in [0.1, 0.15) is 16.7 Å². The molecule has 3 nitrogen and oxygen atoms in total. The topological polar surface area (TPSA) is 32.7 Å². The third-order valence-corrected chi connectivity index (χ3v) is 7.61. The summed E-state index contributed by atoms with van der Waals surface area (Å²) in [6.45, 7) is 1.59. The van der Waals surface area contributed by atoms with Crippen molar-refractivity contribution >= 4 is 32.1 Å². The number of carbonyl (C=O) groups excluding carboxylic acids is 1. The van der Waals surface area contributed by atoms with Crippen LogP contribution in [0.15, 0.2) is 52.9 Å². The molecule has 0 aromatic heterocycles. The zero-order chi connectivity index (χ0) is 15.6. The van der Waals surface area contributed by atoms with Gasteiger partial charge in [-0.05, 0) is 38.9 Å². The maximum absolute atomic E-state index is 12.5. The number of hydrogen-bond acceptors (Lipinski definition) is 3. The summed E-state index contributed by atoms with van der Waals surface area (Å²) in [5, 5.41) is 0. The van der Waals surface area contributed by atoms with Gasteiger partial charge in [-0.15, -0.1) is 0 Å². The average molecular weight is 342 g/mol. The molecule has 0 aliphatic carbocycles. The summed E-state index contributed by atoms with van der Waals surface area (Å²) in [5.74, 6) is 1.74. The van der Waals surface area contributed by atoms with Crippen molar-refractivity contribution in [2.45, 2.75) is 18.7 Å². The van der Waals surface area contributed by atoms with Crippen molar-refractivity contribution in [3.05, 3.63) is 65.2 Å². The third-order valence-electron chi connectivity index (χ3n) is 4.27. The van der Waals surface area contributed by atoms with Gasteiger partial charge in [0.2, 0.25) is 5.91 Å². The molecule has 0 fully saturated rings. The highest BCUT2D eigenvalue weighted by molar-refractivity contribution is 8.70. The molecule has 2 aliphatic heterocycles. The molecule has 2 heterocycles. The number of nitrogens with zero attached hydrogens (tertiary/aromatic N) is 2. The Hall–Kier alpha value is -1.59. The van der Waals surface area contributed by atoms with Gasteiger partial charge in [0.1, 0.15) is 0 Å². The zero-order valence-corrected chi connectivity index (χ0v) is 14.4. The van der Waals surface area contributed by atoms with Crippen LogP contribution in [-0.2, 0) is 33.2 Å². The lowest BCUT2D eigenvalue weighted by Crippen LogP contribution is -2.37. The fourth-order valence-electron chi connectivity index (χ4n) is 2.98. The van der Waals surface area contributed by atoms with Gasteiger partial charge < -0.3 is 4.90 Å². The van der Waals surface area contributed by atoms with Crippen LogP contribution in [0, 0.1) is 0 Å². The van der Waals surface area contributed by atoms with Crippen LogP contribution in [0.3, 0.4) is 0 Å². The molecule has 5 heteroatoms. The molecule has 0 saturated heterocycles. The van der Waals surface area contributed by atoms with E-state index in [2.05, 4.69) is 42.5 Å². The SMILES string of the molecule is O=C(CSS1=Nc2ccccc2C1)N1CCc2ccccc2C1. The van der Waals surface area contributed by atoms with Gasteiger partial charge in [-0.2, -0.15) is 0 Å². The van der Waals surface area contributed by atoms with E-state index >= 15 is 0 Å². The first-order valence-electron chi connectivity index (χ1n) is 7.78. The van der Waals surface area contributed by atoms with Gasteiger partial charge in [0.25, 0.3) is 0 Å². The van der Waals surface area contributed by atoms with Gasteiger partial charge >= 0.3 is 0 Å². The van der Waals surface area contributed by atoms with Crippen LogP contribution in [0.5, 0.6) is 0 Å². The van der Waals surface area contributed by atoms with Gasteiger partial charge in [-0.25, -0.2) is 4.36 Å². The maximum atomic E-state index is 12.5. The summed E-state index contributed by atoms with van der Waals surface area (Å²) in [6, 6.07) is 16.7. The lowest BCUT2D eigenvalue weighted by atomic mass is 10.00. The highest BCUT2D eigenvalue weighted by Crippen LogP contribution is 2.33. The minimum Gasteiger partial charge on any atom is -0.337 e. The lowest BCUT2D eigenvalue weighted by Gasteiger charge is -2.28. The van der Waals surface area contributed by atoms with Crippen LogP contribution < -0.4 is 0 Å². The Morgan fingerprint density at radius 1 is 1.09 bits per heavy atom. The van der Waals surface area contributed by atoms with E-state index in [0.29, 0.717) is 5.75 Å². The van der Waals surface area contributed by atoms with Gasteiger partial charge in [-0.1, -0.05) is 53.3 Å². The molecule has 1 atom stereocenters. The van der Waals surface area contributed by atoms with Crippen molar-refractivity contribution < 1.29 is 4.79 Å². The molecular weight excluding hydrogens is 324 g/mol. The van der Waals surface area contributed by atoms with Gasteiger partial charge in [-0.3, -0.25) is 4.79 Å². The maximum Gasteiger partial charge on any atom is 0.233 e. The van der Waals surface area contributed by atoms with Crippen LogP contribution in [0.25, 0.3) is 0 Å². The molecule has 2 aromatic carbocycles. The largest absolute Gasteiger partial charge is 0.337 e. The second-order valence-corrected chi connectivity index (χ2v) is 9.28. The number of carbonyl (C=O) groups is 1. The average Bonchev–Trinajstić information content (AvgIpc) is 3.02. The van der Waals surface area contributed by atoms with Crippen LogP contribution in [0.4, 0.5) is 5.69 Å². The molecule has 0 bridgehead atoms.